The number of likely N-dealkylation sites (tertiary alicyclic amines) is 1. The van der Waals surface area contributed by atoms with Gasteiger partial charge in [0.05, 0.1) is 7.11 Å². The molecule has 2 aliphatic rings. The number of methoxy groups -OCH3 is 1. The van der Waals surface area contributed by atoms with Gasteiger partial charge in [-0.2, -0.15) is 0 Å². The second-order valence-corrected chi connectivity index (χ2v) is 3.71. The van der Waals surface area contributed by atoms with Crippen molar-refractivity contribution in [2.75, 3.05) is 13.7 Å². The van der Waals surface area contributed by atoms with E-state index in [-0.39, 0.29) is 6.09 Å². The largest absolute Gasteiger partial charge is 0.453 e. The van der Waals surface area contributed by atoms with Crippen LogP contribution < -0.4 is 0 Å². The van der Waals surface area contributed by atoms with Crippen LogP contribution in [0.4, 0.5) is 4.79 Å². The fourth-order valence-corrected chi connectivity index (χ4v) is 2.58. The van der Waals surface area contributed by atoms with Crippen molar-refractivity contribution in [3.63, 3.8) is 0 Å². The Morgan fingerprint density at radius 1 is 1.42 bits per heavy atom. The molecule has 1 aliphatic carbocycles. The van der Waals surface area contributed by atoms with Crippen molar-refractivity contribution >= 4 is 6.09 Å². The zero-order valence-corrected chi connectivity index (χ0v) is 7.45. The Morgan fingerprint density at radius 2 is 2.25 bits per heavy atom. The highest BCUT2D eigenvalue weighted by Crippen LogP contribution is 2.37. The van der Waals surface area contributed by atoms with Crippen LogP contribution in [0.1, 0.15) is 25.7 Å². The summed E-state index contributed by atoms with van der Waals surface area (Å²) in [6.07, 6.45) is 4.81. The van der Waals surface area contributed by atoms with E-state index in [0.29, 0.717) is 6.04 Å². The van der Waals surface area contributed by atoms with Gasteiger partial charge >= 0.3 is 6.09 Å². The van der Waals surface area contributed by atoms with Gasteiger partial charge in [-0.05, 0) is 25.2 Å². The molecular weight excluding hydrogens is 154 g/mol. The van der Waals surface area contributed by atoms with E-state index >= 15 is 0 Å². The summed E-state index contributed by atoms with van der Waals surface area (Å²) in [5, 5.41) is 0. The highest BCUT2D eigenvalue weighted by molar-refractivity contribution is 5.68. The SMILES string of the molecule is COC(=O)N1CC[C@H]2CCC[C@H]21. The summed E-state index contributed by atoms with van der Waals surface area (Å²) >= 11 is 0. The van der Waals surface area contributed by atoms with Gasteiger partial charge in [0, 0.05) is 12.6 Å². The molecule has 0 aromatic carbocycles. The molecule has 2 fully saturated rings. The molecule has 3 heteroatoms. The fourth-order valence-electron chi connectivity index (χ4n) is 2.58. The number of hydrogen-bond donors (Lipinski definition) is 0. The van der Waals surface area contributed by atoms with Crippen molar-refractivity contribution in [1.82, 2.24) is 4.90 Å². The first kappa shape index (κ1) is 7.90. The molecule has 0 spiro atoms. The van der Waals surface area contributed by atoms with Gasteiger partial charge in [0.1, 0.15) is 0 Å². The van der Waals surface area contributed by atoms with Crippen LogP contribution in [-0.4, -0.2) is 30.7 Å². The third kappa shape index (κ3) is 1.08. The minimum absolute atomic E-state index is 0.135. The van der Waals surface area contributed by atoms with E-state index in [2.05, 4.69) is 0 Å². The summed E-state index contributed by atoms with van der Waals surface area (Å²) < 4.78 is 4.73. The van der Waals surface area contributed by atoms with Crippen molar-refractivity contribution in [3.8, 4) is 0 Å². The molecule has 1 amide bonds. The maximum absolute atomic E-state index is 11.3. The smallest absolute Gasteiger partial charge is 0.409 e. The van der Waals surface area contributed by atoms with Gasteiger partial charge in [0.25, 0.3) is 0 Å². The number of hydrogen-bond acceptors (Lipinski definition) is 2. The molecule has 3 nitrogen and oxygen atoms in total. The van der Waals surface area contributed by atoms with Gasteiger partial charge in [0.15, 0.2) is 0 Å². The summed E-state index contributed by atoms with van der Waals surface area (Å²) in [6, 6.07) is 0.498. The fraction of sp³-hybridized carbons (Fsp3) is 0.889. The molecule has 1 aliphatic heterocycles. The number of carbonyl (C=O) groups is 1. The number of amides is 1. The number of rotatable bonds is 0. The maximum atomic E-state index is 11.3. The van der Waals surface area contributed by atoms with E-state index in [9.17, 15) is 4.79 Å². The lowest BCUT2D eigenvalue weighted by Crippen LogP contribution is -2.35. The highest BCUT2D eigenvalue weighted by atomic mass is 16.5. The minimum Gasteiger partial charge on any atom is -0.453 e. The minimum atomic E-state index is -0.135. The molecule has 2 rings (SSSR count). The van der Waals surface area contributed by atoms with Gasteiger partial charge in [-0.15, -0.1) is 0 Å². The Morgan fingerprint density at radius 3 is 3.00 bits per heavy atom. The summed E-state index contributed by atoms with van der Waals surface area (Å²) in [5.74, 6) is 0.768. The molecule has 2 atom stereocenters. The number of fused-ring (bicyclic) bond motifs is 1. The molecule has 1 saturated carbocycles. The lowest BCUT2D eigenvalue weighted by Gasteiger charge is -2.21. The monoisotopic (exact) mass is 169 g/mol. The lowest BCUT2D eigenvalue weighted by atomic mass is 10.1. The first-order valence-corrected chi connectivity index (χ1v) is 4.67. The van der Waals surface area contributed by atoms with Crippen LogP contribution in [0.5, 0.6) is 0 Å². The summed E-state index contributed by atoms with van der Waals surface area (Å²) in [7, 11) is 1.46. The maximum Gasteiger partial charge on any atom is 0.409 e. The summed E-state index contributed by atoms with van der Waals surface area (Å²) in [6.45, 7) is 0.905. The van der Waals surface area contributed by atoms with Crippen LogP contribution in [0.3, 0.4) is 0 Å². The molecule has 0 radical (unpaired) electrons. The van der Waals surface area contributed by atoms with Crippen LogP contribution >= 0.6 is 0 Å². The average molecular weight is 169 g/mol. The third-order valence-corrected chi connectivity index (χ3v) is 3.17. The van der Waals surface area contributed by atoms with E-state index in [4.69, 9.17) is 4.74 Å². The molecule has 0 aromatic rings. The molecule has 1 heterocycles. The molecule has 12 heavy (non-hydrogen) atoms. The predicted molar refractivity (Wildman–Crippen MR) is 44.9 cm³/mol. The first-order chi connectivity index (χ1) is 5.83. The van der Waals surface area contributed by atoms with E-state index in [1.807, 2.05) is 4.90 Å². The molecule has 0 aromatic heterocycles. The molecule has 0 N–H and O–H groups in total. The first-order valence-electron chi connectivity index (χ1n) is 4.67. The van der Waals surface area contributed by atoms with Gasteiger partial charge in [-0.3, -0.25) is 0 Å². The third-order valence-electron chi connectivity index (χ3n) is 3.17. The normalized spacial score (nSPS) is 33.6. The van der Waals surface area contributed by atoms with Crippen molar-refractivity contribution in [1.29, 1.82) is 0 Å². The van der Waals surface area contributed by atoms with Gasteiger partial charge in [-0.25, -0.2) is 4.79 Å². The van der Waals surface area contributed by atoms with Crippen LogP contribution in [-0.2, 0) is 4.74 Å². The Labute approximate surface area is 72.7 Å². The van der Waals surface area contributed by atoms with Crippen molar-refractivity contribution in [3.05, 3.63) is 0 Å². The van der Waals surface area contributed by atoms with E-state index in [1.54, 1.807) is 0 Å². The summed E-state index contributed by atoms with van der Waals surface area (Å²) in [5.41, 5.74) is 0. The molecule has 68 valence electrons. The molecule has 1 saturated heterocycles. The van der Waals surface area contributed by atoms with Crippen LogP contribution in [0, 0.1) is 5.92 Å². The van der Waals surface area contributed by atoms with Crippen LogP contribution in [0.2, 0.25) is 0 Å². The van der Waals surface area contributed by atoms with E-state index in [1.165, 1.54) is 32.8 Å². The topological polar surface area (TPSA) is 29.5 Å². The molecular formula is C9H15NO2. The highest BCUT2D eigenvalue weighted by Gasteiger charge is 2.40. The second-order valence-electron chi connectivity index (χ2n) is 3.71. The summed E-state index contributed by atoms with van der Waals surface area (Å²) in [4.78, 5) is 13.2. The Balaban J connectivity index is 2.04. The lowest BCUT2D eigenvalue weighted by molar-refractivity contribution is 0.117. The second kappa shape index (κ2) is 2.96. The standard InChI is InChI=1S/C9H15NO2/c1-12-9(11)10-6-5-7-3-2-4-8(7)10/h7-8H,2-6H2,1H3/t7-,8-/m1/s1. The molecule has 0 bridgehead atoms. The molecule has 0 unspecified atom stereocenters. The van der Waals surface area contributed by atoms with Crippen molar-refractivity contribution < 1.29 is 9.53 Å². The van der Waals surface area contributed by atoms with Gasteiger partial charge < -0.3 is 9.64 Å². The Kier molecular flexibility index (Phi) is 1.95. The van der Waals surface area contributed by atoms with Crippen molar-refractivity contribution in [2.24, 2.45) is 5.92 Å². The van der Waals surface area contributed by atoms with Crippen molar-refractivity contribution in [2.45, 2.75) is 31.7 Å². The zero-order chi connectivity index (χ0) is 8.55. The zero-order valence-electron chi connectivity index (χ0n) is 7.45. The number of ether oxygens (including phenoxy) is 1. The van der Waals surface area contributed by atoms with Gasteiger partial charge in [0.2, 0.25) is 0 Å². The predicted octanol–water partition coefficient (Wildman–Crippen LogP) is 1.63. The number of nitrogens with zero attached hydrogens (tertiary/aromatic N) is 1. The van der Waals surface area contributed by atoms with Gasteiger partial charge in [-0.1, -0.05) is 6.42 Å². The van der Waals surface area contributed by atoms with Crippen LogP contribution in [0.15, 0.2) is 0 Å². The number of carbonyl (C=O) groups excluding carboxylic acids is 1. The average Bonchev–Trinajstić information content (AvgIpc) is 2.62. The van der Waals surface area contributed by atoms with Crippen LogP contribution in [0.25, 0.3) is 0 Å². The van der Waals surface area contributed by atoms with E-state index in [0.717, 1.165) is 12.5 Å². The quantitative estimate of drug-likeness (QED) is 0.551. The Bertz CT molecular complexity index is 193. The van der Waals surface area contributed by atoms with E-state index < -0.39 is 0 Å². The Hall–Kier alpha value is -0.730.